The average Bonchev–Trinajstić information content (AvgIpc) is 3.02. The first-order valence-corrected chi connectivity index (χ1v) is 13.4. The predicted octanol–water partition coefficient (Wildman–Crippen LogP) is 1.73. The van der Waals surface area contributed by atoms with Crippen molar-refractivity contribution in [1.82, 2.24) is 0 Å². The lowest BCUT2D eigenvalue weighted by Gasteiger charge is -2.39. The fourth-order valence-electron chi connectivity index (χ4n) is 4.60. The van der Waals surface area contributed by atoms with Gasteiger partial charge in [-0.3, -0.25) is 4.79 Å². The molecule has 0 spiro atoms. The molecule has 0 unspecified atom stereocenters. The number of methoxy groups -OCH3 is 1. The van der Waals surface area contributed by atoms with Crippen molar-refractivity contribution in [2.45, 2.75) is 30.7 Å². The first kappa shape index (κ1) is 31.2. The molecule has 14 nitrogen and oxygen atoms in total. The van der Waals surface area contributed by atoms with Gasteiger partial charge in [0.1, 0.15) is 59.2 Å². The molecule has 1 fully saturated rings. The van der Waals surface area contributed by atoms with Crippen LogP contribution in [-0.4, -0.2) is 86.1 Å². The maximum Gasteiger partial charge on any atom is 0.330 e. The van der Waals surface area contributed by atoms with Crippen LogP contribution in [0.2, 0.25) is 0 Å². The van der Waals surface area contributed by atoms with E-state index in [9.17, 15) is 45.3 Å². The summed E-state index contributed by atoms with van der Waals surface area (Å²) in [7, 11) is 1.37. The van der Waals surface area contributed by atoms with E-state index in [0.29, 0.717) is 5.56 Å². The van der Waals surface area contributed by atoms with Gasteiger partial charge in [0.15, 0.2) is 17.3 Å². The zero-order chi connectivity index (χ0) is 32.4. The molecule has 1 aliphatic rings. The number of carbonyl (C=O) groups is 1. The zero-order valence-electron chi connectivity index (χ0n) is 23.4. The third-order valence-corrected chi connectivity index (χ3v) is 6.98. The Bertz CT molecular complexity index is 1800. The number of benzene rings is 3. The maximum atomic E-state index is 12.8. The van der Waals surface area contributed by atoms with Crippen molar-refractivity contribution in [3.8, 4) is 45.8 Å². The Morgan fingerprint density at radius 1 is 0.911 bits per heavy atom. The van der Waals surface area contributed by atoms with Crippen molar-refractivity contribution in [2.75, 3.05) is 13.7 Å². The molecule has 0 amide bonds. The van der Waals surface area contributed by atoms with Crippen LogP contribution >= 0.6 is 0 Å². The molecule has 0 saturated carbocycles. The summed E-state index contributed by atoms with van der Waals surface area (Å²) in [5.74, 6) is -2.65. The van der Waals surface area contributed by atoms with E-state index in [1.165, 1.54) is 61.7 Å². The van der Waals surface area contributed by atoms with Crippen molar-refractivity contribution in [2.24, 2.45) is 0 Å². The summed E-state index contributed by atoms with van der Waals surface area (Å²) >= 11 is 0. The highest BCUT2D eigenvalue weighted by Crippen LogP contribution is 2.37. The smallest absolute Gasteiger partial charge is 0.330 e. The molecule has 45 heavy (non-hydrogen) atoms. The number of phenolic OH excluding ortho intramolecular Hbond substituents is 3. The third kappa shape index (κ3) is 6.49. The minimum atomic E-state index is -1.80. The highest BCUT2D eigenvalue weighted by atomic mass is 16.7. The molecule has 4 aromatic rings. The molecular weight excluding hydrogens is 596 g/mol. The van der Waals surface area contributed by atoms with E-state index in [1.54, 1.807) is 0 Å². The van der Waals surface area contributed by atoms with E-state index in [2.05, 4.69) is 0 Å². The van der Waals surface area contributed by atoms with Crippen LogP contribution in [0.1, 0.15) is 5.56 Å². The largest absolute Gasteiger partial charge is 0.508 e. The first-order valence-electron chi connectivity index (χ1n) is 13.4. The summed E-state index contributed by atoms with van der Waals surface area (Å²) in [4.78, 5) is 25.1. The lowest BCUT2D eigenvalue weighted by Crippen LogP contribution is -2.60. The van der Waals surface area contributed by atoms with Gasteiger partial charge in [-0.05, 0) is 48.0 Å². The van der Waals surface area contributed by atoms with E-state index < -0.39 is 60.2 Å². The lowest BCUT2D eigenvalue weighted by atomic mass is 9.99. The number of hydrogen-bond donors (Lipinski definition) is 7. The van der Waals surface area contributed by atoms with Gasteiger partial charge in [0.05, 0.1) is 7.11 Å². The Kier molecular flexibility index (Phi) is 8.83. The summed E-state index contributed by atoms with van der Waals surface area (Å²) < 4.78 is 27.0. The SMILES string of the molecule is COc1cc(/C=C/C(=O)OC[C@H]2O[C@@H](Oc3cc(O)c4c(=O)c(O)c(-c5ccc(O)cc5)oc4c3)[C@H](O)[C@@H](O)[C@@H]2O)ccc1O. The van der Waals surface area contributed by atoms with Crippen molar-refractivity contribution >= 4 is 23.0 Å². The Morgan fingerprint density at radius 2 is 1.64 bits per heavy atom. The van der Waals surface area contributed by atoms with Crippen LogP contribution in [0.15, 0.2) is 69.9 Å². The van der Waals surface area contributed by atoms with Gasteiger partial charge >= 0.3 is 5.97 Å². The number of esters is 1. The standard InChI is InChI=1S/C31H28O14/c1-41-20-10-14(2-8-18(20)33)3-9-23(35)42-13-22-25(36)27(38)29(40)31(45-22)43-17-11-19(34)24-21(12-17)44-30(28(39)26(24)37)15-4-6-16(32)7-5-15/h2-12,22,25,27,29,31-34,36,38-40H,13H2,1H3/b9-3+/t22-,25-,27+,29-,31-/m1/s1. The molecule has 0 aliphatic carbocycles. The van der Waals surface area contributed by atoms with E-state index in [0.717, 1.165) is 12.1 Å². The number of aromatic hydroxyl groups is 4. The second-order valence-corrected chi connectivity index (χ2v) is 10.00. The Hall–Kier alpha value is -5.28. The first-order chi connectivity index (χ1) is 21.5. The van der Waals surface area contributed by atoms with Crippen molar-refractivity contribution in [3.05, 3.63) is 76.5 Å². The van der Waals surface area contributed by atoms with Gasteiger partial charge in [0.2, 0.25) is 17.5 Å². The summed E-state index contributed by atoms with van der Waals surface area (Å²) in [5, 5.41) is 71.2. The average molecular weight is 625 g/mol. The van der Waals surface area contributed by atoms with Crippen molar-refractivity contribution < 1.29 is 63.9 Å². The Labute approximate surface area is 253 Å². The number of hydrogen-bond acceptors (Lipinski definition) is 14. The molecule has 5 rings (SSSR count). The minimum Gasteiger partial charge on any atom is -0.508 e. The molecule has 7 N–H and O–H groups in total. The molecule has 0 radical (unpaired) electrons. The van der Waals surface area contributed by atoms with Gasteiger partial charge in [-0.2, -0.15) is 0 Å². The second-order valence-electron chi connectivity index (χ2n) is 10.00. The summed E-state index contributed by atoms with van der Waals surface area (Å²) in [5.41, 5.74) is -0.405. The topological polar surface area (TPSA) is 226 Å². The molecule has 0 bridgehead atoms. The number of ether oxygens (including phenoxy) is 4. The van der Waals surface area contributed by atoms with Crippen LogP contribution in [0.3, 0.4) is 0 Å². The molecule has 1 aliphatic heterocycles. The van der Waals surface area contributed by atoms with Crippen molar-refractivity contribution in [1.29, 1.82) is 0 Å². The van der Waals surface area contributed by atoms with Gasteiger partial charge in [0, 0.05) is 23.8 Å². The van der Waals surface area contributed by atoms with E-state index in [1.807, 2.05) is 0 Å². The van der Waals surface area contributed by atoms with Crippen LogP contribution < -0.4 is 14.9 Å². The zero-order valence-corrected chi connectivity index (χ0v) is 23.4. The molecule has 2 heterocycles. The normalized spacial score (nSPS) is 21.6. The minimum absolute atomic E-state index is 0.0623. The monoisotopic (exact) mass is 624 g/mol. The summed E-state index contributed by atoms with van der Waals surface area (Å²) in [6.07, 6.45) is -5.81. The number of rotatable bonds is 8. The Balaban J connectivity index is 1.32. The van der Waals surface area contributed by atoms with Crippen LogP contribution in [0, 0.1) is 0 Å². The molecule has 5 atom stereocenters. The summed E-state index contributed by atoms with van der Waals surface area (Å²) in [6, 6.07) is 12.0. The fraction of sp³-hybridized carbons (Fsp3) is 0.226. The Morgan fingerprint density at radius 3 is 2.36 bits per heavy atom. The van der Waals surface area contributed by atoms with Crippen molar-refractivity contribution in [3.63, 3.8) is 0 Å². The summed E-state index contributed by atoms with van der Waals surface area (Å²) in [6.45, 7) is -0.556. The highest BCUT2D eigenvalue weighted by Gasteiger charge is 2.45. The quantitative estimate of drug-likeness (QED) is 0.110. The fourth-order valence-corrected chi connectivity index (χ4v) is 4.60. The van der Waals surface area contributed by atoms with E-state index in [4.69, 9.17) is 23.4 Å². The number of carbonyl (C=O) groups excluding carboxylic acids is 1. The molecule has 1 aromatic heterocycles. The third-order valence-electron chi connectivity index (χ3n) is 6.98. The number of fused-ring (bicyclic) bond motifs is 1. The van der Waals surface area contributed by atoms with Gasteiger partial charge in [-0.15, -0.1) is 0 Å². The van der Waals surface area contributed by atoms with Crippen LogP contribution in [0.5, 0.6) is 34.5 Å². The van der Waals surface area contributed by atoms with Gasteiger partial charge < -0.3 is 59.1 Å². The van der Waals surface area contributed by atoms with Gasteiger partial charge in [-0.1, -0.05) is 6.07 Å². The van der Waals surface area contributed by atoms with E-state index >= 15 is 0 Å². The van der Waals surface area contributed by atoms with Crippen LogP contribution in [0.4, 0.5) is 0 Å². The second kappa shape index (κ2) is 12.8. The number of aliphatic hydroxyl groups excluding tert-OH is 3. The van der Waals surface area contributed by atoms with Crippen LogP contribution in [-0.2, 0) is 14.3 Å². The molecule has 3 aromatic carbocycles. The van der Waals surface area contributed by atoms with E-state index in [-0.39, 0.29) is 45.3 Å². The molecule has 236 valence electrons. The molecule has 14 heteroatoms. The number of aliphatic hydroxyl groups is 3. The van der Waals surface area contributed by atoms with Gasteiger partial charge in [0.25, 0.3) is 0 Å². The van der Waals surface area contributed by atoms with Crippen LogP contribution in [0.25, 0.3) is 28.4 Å². The molecule has 1 saturated heterocycles. The molecular formula is C31H28O14. The lowest BCUT2D eigenvalue weighted by molar-refractivity contribution is -0.278. The highest BCUT2D eigenvalue weighted by molar-refractivity contribution is 5.88. The van der Waals surface area contributed by atoms with Gasteiger partial charge in [-0.25, -0.2) is 4.79 Å². The predicted molar refractivity (Wildman–Crippen MR) is 155 cm³/mol. The number of phenols is 3. The maximum absolute atomic E-state index is 12.8.